The number of rotatable bonds is 2. The van der Waals surface area contributed by atoms with Gasteiger partial charge in [0.25, 0.3) is 0 Å². The first-order valence-electron chi connectivity index (χ1n) is 6.04. The van der Waals surface area contributed by atoms with Crippen molar-refractivity contribution >= 4 is 5.78 Å². The molecule has 18 heavy (non-hydrogen) atoms. The van der Waals surface area contributed by atoms with Gasteiger partial charge in [-0.2, -0.15) is 0 Å². The Morgan fingerprint density at radius 1 is 0.889 bits per heavy atom. The van der Waals surface area contributed by atoms with Gasteiger partial charge in [0.1, 0.15) is 0 Å². The molecule has 0 aliphatic heterocycles. The van der Waals surface area contributed by atoms with Crippen LogP contribution in [0.3, 0.4) is 0 Å². The highest BCUT2D eigenvalue weighted by Gasteiger charge is 2.14. The molecule has 1 heterocycles. The van der Waals surface area contributed by atoms with Gasteiger partial charge in [0.05, 0.1) is 0 Å². The summed E-state index contributed by atoms with van der Waals surface area (Å²) in [5, 5.41) is 0. The first-order chi connectivity index (χ1) is 8.50. The molecule has 0 amide bonds. The lowest BCUT2D eigenvalue weighted by Gasteiger charge is -2.10. The Bertz CT molecular complexity index is 614. The largest absolute Gasteiger partial charge is 0.289 e. The van der Waals surface area contributed by atoms with E-state index in [1.807, 2.05) is 26.8 Å². The predicted molar refractivity (Wildman–Crippen MR) is 73.1 cm³/mol. The van der Waals surface area contributed by atoms with Crippen LogP contribution in [0.2, 0.25) is 0 Å². The van der Waals surface area contributed by atoms with Crippen LogP contribution in [-0.4, -0.2) is 10.8 Å². The molecule has 2 rings (SSSR count). The van der Waals surface area contributed by atoms with Gasteiger partial charge in [0.2, 0.25) is 0 Å². The van der Waals surface area contributed by atoms with E-state index in [2.05, 4.69) is 18.0 Å². The van der Waals surface area contributed by atoms with Gasteiger partial charge in [-0.1, -0.05) is 6.07 Å². The summed E-state index contributed by atoms with van der Waals surface area (Å²) in [7, 11) is 0. The third-order valence-corrected chi connectivity index (χ3v) is 3.35. The Balaban J connectivity index is 2.53. The second-order valence-electron chi connectivity index (χ2n) is 4.77. The Kier molecular flexibility index (Phi) is 3.28. The number of hydrogen-bond donors (Lipinski definition) is 0. The highest BCUT2D eigenvalue weighted by atomic mass is 16.1. The number of hydrogen-bond acceptors (Lipinski definition) is 2. The van der Waals surface area contributed by atoms with Crippen molar-refractivity contribution in [3.05, 3.63) is 64.0 Å². The van der Waals surface area contributed by atoms with Crippen LogP contribution in [0.4, 0.5) is 0 Å². The fraction of sp³-hybridized carbons (Fsp3) is 0.250. The zero-order valence-electron chi connectivity index (χ0n) is 11.2. The normalized spacial score (nSPS) is 10.4. The van der Waals surface area contributed by atoms with E-state index < -0.39 is 0 Å². The van der Waals surface area contributed by atoms with Crippen molar-refractivity contribution < 1.29 is 4.79 Å². The molecule has 0 spiro atoms. The fourth-order valence-corrected chi connectivity index (χ4v) is 2.08. The molecule has 2 aromatic rings. The summed E-state index contributed by atoms with van der Waals surface area (Å²) in [4.78, 5) is 16.5. The molecule has 0 atom stereocenters. The van der Waals surface area contributed by atoms with Crippen LogP contribution in [0.1, 0.15) is 38.2 Å². The van der Waals surface area contributed by atoms with Crippen molar-refractivity contribution in [3.63, 3.8) is 0 Å². The zero-order valence-corrected chi connectivity index (χ0v) is 11.2. The molecule has 0 aliphatic carbocycles. The molecule has 0 saturated carbocycles. The Hall–Kier alpha value is -1.96. The van der Waals surface area contributed by atoms with Gasteiger partial charge < -0.3 is 0 Å². The Labute approximate surface area is 108 Å². The molecular formula is C16H17NO. The van der Waals surface area contributed by atoms with Crippen LogP contribution in [0, 0.1) is 27.7 Å². The van der Waals surface area contributed by atoms with Gasteiger partial charge in [-0.15, -0.1) is 0 Å². The van der Waals surface area contributed by atoms with Crippen LogP contribution in [0.5, 0.6) is 0 Å². The summed E-state index contributed by atoms with van der Waals surface area (Å²) in [5.41, 5.74) is 5.83. The third kappa shape index (κ3) is 2.19. The van der Waals surface area contributed by atoms with Crippen molar-refractivity contribution in [1.29, 1.82) is 0 Å². The molecule has 0 fully saturated rings. The smallest absolute Gasteiger partial charge is 0.193 e. The van der Waals surface area contributed by atoms with E-state index >= 15 is 0 Å². The number of benzene rings is 1. The van der Waals surface area contributed by atoms with Crippen molar-refractivity contribution in [3.8, 4) is 0 Å². The first-order valence-corrected chi connectivity index (χ1v) is 6.04. The third-order valence-electron chi connectivity index (χ3n) is 3.35. The molecule has 0 unspecified atom stereocenters. The monoisotopic (exact) mass is 239 g/mol. The second kappa shape index (κ2) is 4.73. The molecule has 2 heteroatoms. The van der Waals surface area contributed by atoms with E-state index in [1.54, 1.807) is 18.5 Å². The van der Waals surface area contributed by atoms with Crippen molar-refractivity contribution in [2.24, 2.45) is 0 Å². The molecule has 1 aromatic carbocycles. The number of nitrogens with zero attached hydrogens (tertiary/aromatic N) is 1. The number of aromatic nitrogens is 1. The molecule has 0 aliphatic rings. The summed E-state index contributed by atoms with van der Waals surface area (Å²) in [6.07, 6.45) is 3.39. The molecule has 92 valence electrons. The number of ketones is 1. The Morgan fingerprint density at radius 2 is 1.56 bits per heavy atom. The number of pyridine rings is 1. The lowest BCUT2D eigenvalue weighted by atomic mass is 9.94. The maximum absolute atomic E-state index is 12.5. The van der Waals surface area contributed by atoms with Crippen LogP contribution < -0.4 is 0 Å². The molecule has 2 nitrogen and oxygen atoms in total. The highest BCUT2D eigenvalue weighted by Crippen LogP contribution is 2.20. The molecule has 0 radical (unpaired) electrons. The summed E-state index contributed by atoms with van der Waals surface area (Å²) in [6.45, 7) is 7.99. The minimum atomic E-state index is 0.0792. The van der Waals surface area contributed by atoms with E-state index in [1.165, 1.54) is 5.56 Å². The van der Waals surface area contributed by atoms with Crippen molar-refractivity contribution in [2.75, 3.05) is 0 Å². The van der Waals surface area contributed by atoms with Crippen LogP contribution >= 0.6 is 0 Å². The maximum Gasteiger partial charge on any atom is 0.193 e. The minimum absolute atomic E-state index is 0.0792. The lowest BCUT2D eigenvalue weighted by Crippen LogP contribution is -2.07. The SMILES string of the molecule is Cc1cc(C)c(C(=O)c2ccncc2C)cc1C. The first kappa shape index (κ1) is 12.5. The fourth-order valence-electron chi connectivity index (χ4n) is 2.08. The lowest BCUT2D eigenvalue weighted by molar-refractivity contribution is 0.103. The minimum Gasteiger partial charge on any atom is -0.289 e. The van der Waals surface area contributed by atoms with Gasteiger partial charge in [0, 0.05) is 23.5 Å². The summed E-state index contributed by atoms with van der Waals surface area (Å²) >= 11 is 0. The highest BCUT2D eigenvalue weighted by molar-refractivity contribution is 6.10. The Morgan fingerprint density at radius 3 is 2.22 bits per heavy atom. The van der Waals surface area contributed by atoms with Crippen LogP contribution in [-0.2, 0) is 0 Å². The zero-order chi connectivity index (χ0) is 13.3. The second-order valence-corrected chi connectivity index (χ2v) is 4.77. The summed E-state index contributed by atoms with van der Waals surface area (Å²) < 4.78 is 0. The molecule has 0 bridgehead atoms. The van der Waals surface area contributed by atoms with E-state index in [0.717, 1.165) is 27.8 Å². The van der Waals surface area contributed by atoms with Gasteiger partial charge >= 0.3 is 0 Å². The average Bonchev–Trinajstić information content (AvgIpc) is 2.33. The molecule has 1 aromatic heterocycles. The van der Waals surface area contributed by atoms with Crippen LogP contribution in [0.15, 0.2) is 30.6 Å². The average molecular weight is 239 g/mol. The van der Waals surface area contributed by atoms with Crippen molar-refractivity contribution in [1.82, 2.24) is 4.98 Å². The van der Waals surface area contributed by atoms with Crippen molar-refractivity contribution in [2.45, 2.75) is 27.7 Å². The summed E-state index contributed by atoms with van der Waals surface area (Å²) in [5.74, 6) is 0.0792. The van der Waals surface area contributed by atoms with E-state index in [0.29, 0.717) is 0 Å². The van der Waals surface area contributed by atoms with E-state index in [-0.39, 0.29) is 5.78 Å². The van der Waals surface area contributed by atoms with Crippen LogP contribution in [0.25, 0.3) is 0 Å². The van der Waals surface area contributed by atoms with E-state index in [4.69, 9.17) is 0 Å². The predicted octanol–water partition coefficient (Wildman–Crippen LogP) is 3.55. The molecule has 0 N–H and O–H groups in total. The molecular weight excluding hydrogens is 222 g/mol. The number of carbonyl (C=O) groups is 1. The summed E-state index contributed by atoms with van der Waals surface area (Å²) in [6, 6.07) is 5.83. The number of carbonyl (C=O) groups excluding carboxylic acids is 1. The van der Waals surface area contributed by atoms with Gasteiger partial charge in [-0.25, -0.2) is 0 Å². The number of aryl methyl sites for hydroxylation is 4. The quantitative estimate of drug-likeness (QED) is 0.750. The molecule has 0 saturated heterocycles. The maximum atomic E-state index is 12.5. The van der Waals surface area contributed by atoms with Gasteiger partial charge in [-0.3, -0.25) is 9.78 Å². The van der Waals surface area contributed by atoms with Gasteiger partial charge in [0.15, 0.2) is 5.78 Å². The standard InChI is InChI=1S/C16H17NO/c1-10-7-12(3)15(8-11(10)2)16(18)14-5-6-17-9-13(14)4/h5-9H,1-4H3. The topological polar surface area (TPSA) is 30.0 Å². The van der Waals surface area contributed by atoms with E-state index in [9.17, 15) is 4.79 Å². The van der Waals surface area contributed by atoms with Gasteiger partial charge in [-0.05, 0) is 62.1 Å².